The smallest absolute Gasteiger partial charge is 0.189 e. The lowest BCUT2D eigenvalue weighted by Crippen LogP contribution is -2.01. The van der Waals surface area contributed by atoms with Gasteiger partial charge in [-0.3, -0.25) is 9.48 Å². The van der Waals surface area contributed by atoms with Gasteiger partial charge in [-0.05, 0) is 38.1 Å². The molecule has 1 aromatic carbocycles. The Balaban J connectivity index is 2.24. The molecular weight excluding hydrogens is 280 g/mol. The molecule has 0 aliphatic heterocycles. The van der Waals surface area contributed by atoms with Crippen LogP contribution in [0, 0.1) is 6.92 Å². The summed E-state index contributed by atoms with van der Waals surface area (Å²) in [6, 6.07) is 5.46. The average Bonchev–Trinajstić information content (AvgIpc) is 2.93. The maximum absolute atomic E-state index is 12.3. The van der Waals surface area contributed by atoms with Gasteiger partial charge in [-0.1, -0.05) is 0 Å². The number of ether oxygens (including phenoxy) is 2. The van der Waals surface area contributed by atoms with Gasteiger partial charge >= 0.3 is 0 Å². The van der Waals surface area contributed by atoms with Crippen molar-refractivity contribution in [1.29, 1.82) is 0 Å². The monoisotopic (exact) mass is 300 g/mol. The predicted molar refractivity (Wildman–Crippen MR) is 85.5 cm³/mol. The first kappa shape index (κ1) is 15.8. The van der Waals surface area contributed by atoms with Gasteiger partial charge in [0.2, 0.25) is 0 Å². The number of rotatable bonds is 6. The second kappa shape index (κ2) is 6.93. The van der Waals surface area contributed by atoms with Crippen LogP contribution in [-0.2, 0) is 6.54 Å². The zero-order valence-electron chi connectivity index (χ0n) is 13.3. The number of carbonyl (C=O) groups is 1. The summed E-state index contributed by atoms with van der Waals surface area (Å²) >= 11 is 0. The van der Waals surface area contributed by atoms with Crippen LogP contribution >= 0.6 is 0 Å². The number of carbonyl (C=O) groups excluding carboxylic acids is 1. The molecule has 116 valence electrons. The zero-order valence-corrected chi connectivity index (χ0v) is 13.3. The van der Waals surface area contributed by atoms with Crippen molar-refractivity contribution < 1.29 is 14.3 Å². The Labute approximate surface area is 130 Å². The Morgan fingerprint density at radius 3 is 2.68 bits per heavy atom. The molecule has 0 radical (unpaired) electrons. The van der Waals surface area contributed by atoms with Gasteiger partial charge in [-0.15, -0.1) is 0 Å². The molecule has 0 amide bonds. The third-order valence-corrected chi connectivity index (χ3v) is 3.52. The van der Waals surface area contributed by atoms with Crippen molar-refractivity contribution in [2.24, 2.45) is 0 Å². The van der Waals surface area contributed by atoms with Crippen LogP contribution in [0.3, 0.4) is 0 Å². The van der Waals surface area contributed by atoms with Gasteiger partial charge in [0.1, 0.15) is 11.5 Å². The number of hydrogen-bond acceptors (Lipinski definition) is 4. The van der Waals surface area contributed by atoms with Crippen molar-refractivity contribution in [3.8, 4) is 11.5 Å². The minimum absolute atomic E-state index is 0.0740. The first-order chi connectivity index (χ1) is 10.6. The summed E-state index contributed by atoms with van der Waals surface area (Å²) in [5, 5.41) is 4.19. The highest BCUT2D eigenvalue weighted by molar-refractivity contribution is 6.07. The van der Waals surface area contributed by atoms with Gasteiger partial charge < -0.3 is 9.47 Å². The fraction of sp³-hybridized carbons (Fsp3) is 0.294. The minimum Gasteiger partial charge on any atom is -0.497 e. The standard InChI is InChI=1S/C17H20N2O3/c1-5-19-12(2)15(11-18-19)16(20)9-7-13-6-8-14(21-3)10-17(13)22-4/h6-11H,5H2,1-4H3/b9-7+. The van der Waals surface area contributed by atoms with Crippen LogP contribution in [0.5, 0.6) is 11.5 Å². The molecular formula is C17H20N2O3. The largest absolute Gasteiger partial charge is 0.497 e. The Morgan fingerprint density at radius 2 is 2.09 bits per heavy atom. The van der Waals surface area contributed by atoms with E-state index in [1.807, 2.05) is 26.0 Å². The number of aryl methyl sites for hydroxylation is 1. The molecule has 0 N–H and O–H groups in total. The number of nitrogens with zero attached hydrogens (tertiary/aromatic N) is 2. The Bertz CT molecular complexity index is 702. The summed E-state index contributed by atoms with van der Waals surface area (Å²) in [5.41, 5.74) is 2.31. The normalized spacial score (nSPS) is 10.9. The van der Waals surface area contributed by atoms with Gasteiger partial charge in [0.15, 0.2) is 5.78 Å². The highest BCUT2D eigenvalue weighted by Crippen LogP contribution is 2.25. The summed E-state index contributed by atoms with van der Waals surface area (Å²) in [4.78, 5) is 12.3. The fourth-order valence-corrected chi connectivity index (χ4v) is 2.22. The topological polar surface area (TPSA) is 53.4 Å². The van der Waals surface area contributed by atoms with Crippen molar-refractivity contribution in [2.45, 2.75) is 20.4 Å². The molecule has 5 nitrogen and oxygen atoms in total. The molecule has 2 aromatic rings. The first-order valence-corrected chi connectivity index (χ1v) is 7.07. The maximum Gasteiger partial charge on any atom is 0.189 e. The van der Waals surface area contributed by atoms with Gasteiger partial charge in [-0.25, -0.2) is 0 Å². The fourth-order valence-electron chi connectivity index (χ4n) is 2.22. The molecule has 22 heavy (non-hydrogen) atoms. The minimum atomic E-state index is -0.0740. The van der Waals surface area contributed by atoms with Crippen molar-refractivity contribution in [1.82, 2.24) is 9.78 Å². The molecule has 0 fully saturated rings. The maximum atomic E-state index is 12.3. The van der Waals surface area contributed by atoms with Gasteiger partial charge in [0, 0.05) is 23.9 Å². The predicted octanol–water partition coefficient (Wildman–Crippen LogP) is 3.12. The summed E-state index contributed by atoms with van der Waals surface area (Å²) in [6.07, 6.45) is 4.88. The van der Waals surface area contributed by atoms with Gasteiger partial charge in [-0.2, -0.15) is 5.10 Å². The number of hydrogen-bond donors (Lipinski definition) is 0. The molecule has 5 heteroatoms. The number of allylic oxidation sites excluding steroid dienone is 1. The van der Waals surface area contributed by atoms with E-state index in [-0.39, 0.29) is 5.78 Å². The second-order valence-corrected chi connectivity index (χ2v) is 4.76. The number of benzene rings is 1. The van der Waals surface area contributed by atoms with Crippen LogP contribution in [0.2, 0.25) is 0 Å². The van der Waals surface area contributed by atoms with Crippen LogP contribution in [-0.4, -0.2) is 29.8 Å². The third kappa shape index (κ3) is 3.19. The summed E-state index contributed by atoms with van der Waals surface area (Å²) in [6.45, 7) is 4.63. The van der Waals surface area contributed by atoms with E-state index in [1.165, 1.54) is 6.08 Å². The quantitative estimate of drug-likeness (QED) is 0.607. The molecule has 0 unspecified atom stereocenters. The van der Waals surface area contributed by atoms with E-state index in [4.69, 9.17) is 9.47 Å². The molecule has 0 bridgehead atoms. The Morgan fingerprint density at radius 1 is 1.32 bits per heavy atom. The van der Waals surface area contributed by atoms with Gasteiger partial charge in [0.25, 0.3) is 0 Å². The lowest BCUT2D eigenvalue weighted by Gasteiger charge is -2.07. The van der Waals surface area contributed by atoms with Crippen LogP contribution in [0.15, 0.2) is 30.5 Å². The second-order valence-electron chi connectivity index (χ2n) is 4.76. The van der Waals surface area contributed by atoms with E-state index in [9.17, 15) is 4.79 Å². The molecule has 0 aliphatic carbocycles. The van der Waals surface area contributed by atoms with Crippen LogP contribution < -0.4 is 9.47 Å². The van der Waals surface area contributed by atoms with Crippen LogP contribution in [0.4, 0.5) is 0 Å². The molecule has 0 saturated carbocycles. The lowest BCUT2D eigenvalue weighted by atomic mass is 10.1. The van der Waals surface area contributed by atoms with E-state index in [0.717, 1.165) is 17.8 Å². The van der Waals surface area contributed by atoms with Crippen molar-refractivity contribution in [3.63, 3.8) is 0 Å². The summed E-state index contributed by atoms with van der Waals surface area (Å²) in [7, 11) is 3.19. The van der Waals surface area contributed by atoms with Crippen LogP contribution in [0.25, 0.3) is 6.08 Å². The van der Waals surface area contributed by atoms with Crippen molar-refractivity contribution >= 4 is 11.9 Å². The summed E-state index contributed by atoms with van der Waals surface area (Å²) in [5.74, 6) is 1.29. The van der Waals surface area contributed by atoms with E-state index in [0.29, 0.717) is 17.1 Å². The number of aromatic nitrogens is 2. The van der Waals surface area contributed by atoms with E-state index >= 15 is 0 Å². The summed E-state index contributed by atoms with van der Waals surface area (Å²) < 4.78 is 12.3. The SMILES string of the molecule is CCn1ncc(C(=O)/C=C/c2ccc(OC)cc2OC)c1C. The Kier molecular flexibility index (Phi) is 4.99. The number of ketones is 1. The van der Waals surface area contributed by atoms with Gasteiger partial charge in [0.05, 0.1) is 26.0 Å². The van der Waals surface area contributed by atoms with Crippen molar-refractivity contribution in [3.05, 3.63) is 47.3 Å². The molecule has 0 saturated heterocycles. The highest BCUT2D eigenvalue weighted by atomic mass is 16.5. The molecule has 0 spiro atoms. The van der Waals surface area contributed by atoms with E-state index in [2.05, 4.69) is 5.10 Å². The van der Waals surface area contributed by atoms with E-state index < -0.39 is 0 Å². The first-order valence-electron chi connectivity index (χ1n) is 7.07. The van der Waals surface area contributed by atoms with Crippen molar-refractivity contribution in [2.75, 3.05) is 14.2 Å². The van der Waals surface area contributed by atoms with E-state index in [1.54, 1.807) is 37.2 Å². The average molecular weight is 300 g/mol. The molecule has 1 aromatic heterocycles. The number of methoxy groups -OCH3 is 2. The molecule has 2 rings (SSSR count). The molecule has 0 atom stereocenters. The van der Waals surface area contributed by atoms with Crippen LogP contribution in [0.1, 0.15) is 28.5 Å². The molecule has 1 heterocycles. The lowest BCUT2D eigenvalue weighted by molar-refractivity contribution is 0.104. The zero-order chi connectivity index (χ0) is 16.1. The highest BCUT2D eigenvalue weighted by Gasteiger charge is 2.11. The Hall–Kier alpha value is -2.56. The molecule has 0 aliphatic rings. The third-order valence-electron chi connectivity index (χ3n) is 3.52.